The van der Waals surface area contributed by atoms with Crippen molar-refractivity contribution in [1.82, 2.24) is 9.71 Å². The van der Waals surface area contributed by atoms with Gasteiger partial charge in [-0.05, 0) is 36.4 Å². The van der Waals surface area contributed by atoms with E-state index in [0.717, 1.165) is 26.9 Å². The molecule has 0 atom stereocenters. The highest BCUT2D eigenvalue weighted by molar-refractivity contribution is 9.10. The highest BCUT2D eigenvalue weighted by Crippen LogP contribution is 2.25. The van der Waals surface area contributed by atoms with Crippen LogP contribution < -0.4 is 20.3 Å². The number of aromatic nitrogens is 2. The molecule has 0 aliphatic carbocycles. The van der Waals surface area contributed by atoms with Gasteiger partial charge in [0.2, 0.25) is 0 Å². The molecule has 1 aromatic carbocycles. The van der Waals surface area contributed by atoms with Crippen molar-refractivity contribution in [2.75, 3.05) is 26.1 Å². The summed E-state index contributed by atoms with van der Waals surface area (Å²) in [6, 6.07) is 14.9. The van der Waals surface area contributed by atoms with Gasteiger partial charge in [0.25, 0.3) is 0 Å². The number of pyridine rings is 2. The standard InChI is InChI=1S/C21H23BrN4O3/c1-28-18-7-6-15(19(13-18)29-2)14-25-21-12-16(22)11-20(26(21)27)24-10-8-17-5-3-4-9-23-17/h3-7,9,11-13,24,27H,8,10,14H2,1-2H3. The zero-order valence-corrected chi connectivity index (χ0v) is 17.9. The number of anilines is 1. The molecule has 0 aliphatic rings. The summed E-state index contributed by atoms with van der Waals surface area (Å²) >= 11 is 3.48. The number of methoxy groups -OCH3 is 2. The van der Waals surface area contributed by atoms with Crippen LogP contribution in [0.15, 0.2) is 64.2 Å². The van der Waals surface area contributed by atoms with Crippen LogP contribution in [-0.4, -0.2) is 35.7 Å². The van der Waals surface area contributed by atoms with Gasteiger partial charge in [-0.15, -0.1) is 0 Å². The molecule has 0 amide bonds. The topological polar surface area (TPSA) is 80.9 Å². The molecule has 0 saturated carbocycles. The number of nitrogens with one attached hydrogen (secondary N) is 1. The normalized spacial score (nSPS) is 11.3. The first-order valence-corrected chi connectivity index (χ1v) is 9.87. The lowest BCUT2D eigenvalue weighted by atomic mass is 10.2. The lowest BCUT2D eigenvalue weighted by Crippen LogP contribution is -2.23. The minimum Gasteiger partial charge on any atom is -0.497 e. The van der Waals surface area contributed by atoms with Crippen LogP contribution in [0.2, 0.25) is 0 Å². The number of hydrogen-bond donors (Lipinski definition) is 2. The summed E-state index contributed by atoms with van der Waals surface area (Å²) in [5, 5.41) is 13.8. The summed E-state index contributed by atoms with van der Waals surface area (Å²) in [6.07, 6.45) is 2.51. The van der Waals surface area contributed by atoms with Crippen molar-refractivity contribution in [3.63, 3.8) is 0 Å². The van der Waals surface area contributed by atoms with E-state index in [9.17, 15) is 5.21 Å². The Morgan fingerprint density at radius 3 is 2.72 bits per heavy atom. The summed E-state index contributed by atoms with van der Waals surface area (Å²) in [4.78, 5) is 8.84. The molecular weight excluding hydrogens is 436 g/mol. The van der Waals surface area contributed by atoms with Gasteiger partial charge in [-0.2, -0.15) is 4.73 Å². The summed E-state index contributed by atoms with van der Waals surface area (Å²) in [7, 11) is 3.21. The molecule has 152 valence electrons. The summed E-state index contributed by atoms with van der Waals surface area (Å²) < 4.78 is 12.5. The van der Waals surface area contributed by atoms with Crippen LogP contribution in [0.3, 0.4) is 0 Å². The molecule has 2 heterocycles. The maximum Gasteiger partial charge on any atom is 0.167 e. The van der Waals surface area contributed by atoms with Gasteiger partial charge in [0.05, 0.1) is 20.8 Å². The fourth-order valence-corrected chi connectivity index (χ4v) is 3.21. The summed E-state index contributed by atoms with van der Waals surface area (Å²) in [5.74, 6) is 1.93. The van der Waals surface area contributed by atoms with Crippen molar-refractivity contribution in [3.05, 3.63) is 75.9 Å². The second-order valence-electron chi connectivity index (χ2n) is 6.22. The molecule has 8 heteroatoms. The van der Waals surface area contributed by atoms with Gasteiger partial charge < -0.3 is 20.0 Å². The van der Waals surface area contributed by atoms with Crippen molar-refractivity contribution < 1.29 is 14.7 Å². The smallest absolute Gasteiger partial charge is 0.167 e. The van der Waals surface area contributed by atoms with Gasteiger partial charge in [0, 0.05) is 41.0 Å². The van der Waals surface area contributed by atoms with Gasteiger partial charge >= 0.3 is 0 Å². The number of hydrogen-bond acceptors (Lipinski definition) is 6. The molecule has 29 heavy (non-hydrogen) atoms. The van der Waals surface area contributed by atoms with E-state index >= 15 is 0 Å². The second kappa shape index (κ2) is 9.97. The highest BCUT2D eigenvalue weighted by atomic mass is 79.9. The fourth-order valence-electron chi connectivity index (χ4n) is 2.79. The van der Waals surface area contributed by atoms with E-state index in [2.05, 4.69) is 31.2 Å². The lowest BCUT2D eigenvalue weighted by Gasteiger charge is -2.12. The molecule has 3 rings (SSSR count). The highest BCUT2D eigenvalue weighted by Gasteiger charge is 2.07. The van der Waals surface area contributed by atoms with Crippen LogP contribution in [0.25, 0.3) is 0 Å². The SMILES string of the molecule is COc1ccc(CN=c2cc(Br)cc(NCCc3ccccn3)n2O)c(OC)c1. The molecule has 2 N–H and O–H groups in total. The van der Waals surface area contributed by atoms with Crippen molar-refractivity contribution in [3.8, 4) is 11.5 Å². The molecule has 0 fully saturated rings. The van der Waals surface area contributed by atoms with Crippen LogP contribution in [0, 0.1) is 0 Å². The van der Waals surface area contributed by atoms with E-state index in [4.69, 9.17) is 9.47 Å². The molecule has 2 aromatic heterocycles. The zero-order valence-electron chi connectivity index (χ0n) is 16.3. The van der Waals surface area contributed by atoms with Gasteiger partial charge in [-0.25, -0.2) is 0 Å². The number of halogens is 1. The Balaban J connectivity index is 1.77. The largest absolute Gasteiger partial charge is 0.497 e. The van der Waals surface area contributed by atoms with Crippen LogP contribution in [-0.2, 0) is 13.0 Å². The van der Waals surface area contributed by atoms with Gasteiger partial charge in [-0.3, -0.25) is 9.98 Å². The third-order valence-corrected chi connectivity index (χ3v) is 4.76. The van der Waals surface area contributed by atoms with E-state index in [-0.39, 0.29) is 0 Å². The summed E-state index contributed by atoms with van der Waals surface area (Å²) in [5.41, 5.74) is 2.28. The molecule has 0 aliphatic heterocycles. The van der Waals surface area contributed by atoms with E-state index < -0.39 is 0 Å². The van der Waals surface area contributed by atoms with Crippen molar-refractivity contribution in [2.24, 2.45) is 4.99 Å². The fraction of sp³-hybridized carbons (Fsp3) is 0.238. The van der Waals surface area contributed by atoms with Crippen LogP contribution in [0.4, 0.5) is 5.82 Å². The molecular formula is C21H23BrN4O3. The average molecular weight is 459 g/mol. The Hall–Kier alpha value is -3.00. The number of nitrogens with zero attached hydrogens (tertiary/aromatic N) is 3. The van der Waals surface area contributed by atoms with E-state index in [1.54, 1.807) is 32.5 Å². The van der Waals surface area contributed by atoms with Gasteiger partial charge in [-0.1, -0.05) is 22.0 Å². The van der Waals surface area contributed by atoms with E-state index in [1.165, 1.54) is 0 Å². The van der Waals surface area contributed by atoms with Crippen molar-refractivity contribution in [1.29, 1.82) is 0 Å². The first-order chi connectivity index (χ1) is 14.1. The van der Waals surface area contributed by atoms with Crippen molar-refractivity contribution >= 4 is 21.7 Å². The lowest BCUT2D eigenvalue weighted by molar-refractivity contribution is 0.177. The molecule has 0 bridgehead atoms. The zero-order chi connectivity index (χ0) is 20.6. The number of benzene rings is 1. The first kappa shape index (κ1) is 20.7. The monoisotopic (exact) mass is 458 g/mol. The Labute approximate surface area is 177 Å². The predicted octanol–water partition coefficient (Wildman–Crippen LogP) is 3.66. The van der Waals surface area contributed by atoms with Crippen LogP contribution in [0.5, 0.6) is 11.5 Å². The Morgan fingerprint density at radius 1 is 1.14 bits per heavy atom. The molecule has 0 spiro atoms. The molecule has 7 nitrogen and oxygen atoms in total. The van der Waals surface area contributed by atoms with Crippen molar-refractivity contribution in [2.45, 2.75) is 13.0 Å². The third-order valence-electron chi connectivity index (χ3n) is 4.31. The minimum absolute atomic E-state index is 0.345. The van der Waals surface area contributed by atoms with Crippen LogP contribution >= 0.6 is 15.9 Å². The van der Waals surface area contributed by atoms with Crippen LogP contribution in [0.1, 0.15) is 11.3 Å². The number of ether oxygens (including phenoxy) is 2. The average Bonchev–Trinajstić information content (AvgIpc) is 2.75. The molecule has 0 unspecified atom stereocenters. The maximum atomic E-state index is 10.6. The molecule has 0 radical (unpaired) electrons. The third kappa shape index (κ3) is 5.51. The molecule has 0 saturated heterocycles. The van der Waals surface area contributed by atoms with Gasteiger partial charge in [0.15, 0.2) is 5.49 Å². The maximum absolute atomic E-state index is 10.6. The predicted molar refractivity (Wildman–Crippen MR) is 115 cm³/mol. The second-order valence-corrected chi connectivity index (χ2v) is 7.14. The minimum atomic E-state index is 0.345. The Bertz CT molecular complexity index is 1020. The van der Waals surface area contributed by atoms with E-state index in [0.29, 0.717) is 35.9 Å². The summed E-state index contributed by atoms with van der Waals surface area (Å²) in [6.45, 7) is 0.970. The number of rotatable bonds is 8. The Kier molecular flexibility index (Phi) is 7.13. The first-order valence-electron chi connectivity index (χ1n) is 9.07. The molecule has 3 aromatic rings. The Morgan fingerprint density at radius 2 is 2.00 bits per heavy atom. The van der Waals surface area contributed by atoms with Gasteiger partial charge in [0.1, 0.15) is 17.3 Å². The quantitative estimate of drug-likeness (QED) is 0.503. The van der Waals surface area contributed by atoms with E-state index in [1.807, 2.05) is 36.4 Å².